The number of nitrogens with one attached hydrogen (secondary N) is 8. The molecule has 6 atom stereocenters. The monoisotopic (exact) mass is 1020 g/mol. The normalized spacial score (nSPS) is 14.0. The SMILES string of the molecule is CCC[C@H](Cc1c[nH]c2ccccc12)NC(=O)CC[C@H](CCCCN)NC(=O)CCC(NC(=O)CC[C@H](Cc1c[nH]c2ccccc12)NC(=O)CC[C@H](CCCCN)NC(=O)CC[C@@H](NC(C)=O)C(C)C)C(C)C. The molecule has 410 valence electrons. The van der Waals surface area contributed by atoms with Crippen LogP contribution >= 0.6 is 0 Å². The van der Waals surface area contributed by atoms with Crippen LogP contribution in [0.5, 0.6) is 0 Å². The highest BCUT2D eigenvalue weighted by Gasteiger charge is 2.24. The highest BCUT2D eigenvalue weighted by molar-refractivity contribution is 5.85. The zero-order valence-corrected chi connectivity index (χ0v) is 45.6. The van der Waals surface area contributed by atoms with Gasteiger partial charge in [0.25, 0.3) is 0 Å². The molecule has 16 nitrogen and oxygen atoms in total. The summed E-state index contributed by atoms with van der Waals surface area (Å²) < 4.78 is 0. The third-order valence-corrected chi connectivity index (χ3v) is 14.3. The molecule has 6 amide bonds. The number of benzene rings is 2. The van der Waals surface area contributed by atoms with E-state index in [4.69, 9.17) is 11.5 Å². The number of aromatic amines is 2. The van der Waals surface area contributed by atoms with E-state index in [1.165, 1.54) is 17.9 Å². The molecular weight excluding hydrogens is 933 g/mol. The van der Waals surface area contributed by atoms with Crippen molar-refractivity contribution >= 4 is 57.2 Å². The van der Waals surface area contributed by atoms with Gasteiger partial charge in [0.2, 0.25) is 35.4 Å². The zero-order chi connectivity index (χ0) is 53.8. The third-order valence-electron chi connectivity index (χ3n) is 14.3. The summed E-state index contributed by atoms with van der Waals surface area (Å²) in [5.74, 6) is -0.453. The zero-order valence-electron chi connectivity index (χ0n) is 45.6. The quantitative estimate of drug-likeness (QED) is 0.0200. The Kier molecular flexibility index (Phi) is 27.3. The van der Waals surface area contributed by atoms with Crippen molar-refractivity contribution in [3.05, 3.63) is 72.1 Å². The van der Waals surface area contributed by atoms with E-state index in [0.717, 1.165) is 73.3 Å². The molecule has 0 aliphatic carbocycles. The molecule has 0 fully saturated rings. The fourth-order valence-electron chi connectivity index (χ4n) is 9.95. The molecule has 0 spiro atoms. The van der Waals surface area contributed by atoms with Crippen molar-refractivity contribution in [2.75, 3.05) is 13.1 Å². The first-order valence-electron chi connectivity index (χ1n) is 27.8. The van der Waals surface area contributed by atoms with Gasteiger partial charge in [0.15, 0.2) is 0 Å². The molecule has 0 aliphatic rings. The number of hydrogen-bond donors (Lipinski definition) is 10. The number of nitrogens with two attached hydrogens (primary N) is 2. The topological polar surface area (TPSA) is 258 Å². The van der Waals surface area contributed by atoms with Crippen LogP contribution in [0, 0.1) is 11.8 Å². The van der Waals surface area contributed by atoms with Gasteiger partial charge in [0.1, 0.15) is 0 Å². The molecule has 2 aromatic carbocycles. The van der Waals surface area contributed by atoms with Gasteiger partial charge >= 0.3 is 0 Å². The maximum absolute atomic E-state index is 13.7. The van der Waals surface area contributed by atoms with Gasteiger partial charge in [-0.3, -0.25) is 28.8 Å². The van der Waals surface area contributed by atoms with E-state index in [1.54, 1.807) is 0 Å². The van der Waals surface area contributed by atoms with E-state index >= 15 is 0 Å². The van der Waals surface area contributed by atoms with Crippen LogP contribution in [0.4, 0.5) is 0 Å². The molecule has 4 rings (SSSR count). The Labute approximate surface area is 441 Å². The van der Waals surface area contributed by atoms with Gasteiger partial charge in [0.05, 0.1) is 0 Å². The summed E-state index contributed by atoms with van der Waals surface area (Å²) in [5.41, 5.74) is 15.9. The molecule has 12 N–H and O–H groups in total. The van der Waals surface area contributed by atoms with Crippen LogP contribution < -0.4 is 43.4 Å². The van der Waals surface area contributed by atoms with Crippen molar-refractivity contribution in [1.29, 1.82) is 0 Å². The summed E-state index contributed by atoms with van der Waals surface area (Å²) in [4.78, 5) is 85.9. The summed E-state index contributed by atoms with van der Waals surface area (Å²) in [7, 11) is 0. The number of aromatic nitrogens is 2. The fourth-order valence-corrected chi connectivity index (χ4v) is 9.95. The van der Waals surface area contributed by atoms with Gasteiger partial charge < -0.3 is 53.3 Å². The van der Waals surface area contributed by atoms with Crippen molar-refractivity contribution in [3.63, 3.8) is 0 Å². The number of carbonyl (C=O) groups excluding carboxylic acids is 6. The lowest BCUT2D eigenvalue weighted by Gasteiger charge is -2.25. The second-order valence-electron chi connectivity index (χ2n) is 21.2. The summed E-state index contributed by atoms with van der Waals surface area (Å²) in [6.07, 6.45) is 15.2. The first-order chi connectivity index (χ1) is 35.6. The smallest absolute Gasteiger partial charge is 0.220 e. The van der Waals surface area contributed by atoms with E-state index in [0.29, 0.717) is 64.5 Å². The van der Waals surface area contributed by atoms with Crippen LogP contribution in [0.1, 0.15) is 168 Å². The van der Waals surface area contributed by atoms with Crippen molar-refractivity contribution < 1.29 is 28.8 Å². The van der Waals surface area contributed by atoms with Gasteiger partial charge in [0, 0.05) is 109 Å². The molecule has 16 heteroatoms. The van der Waals surface area contributed by atoms with Gasteiger partial charge in [-0.15, -0.1) is 0 Å². The van der Waals surface area contributed by atoms with E-state index in [9.17, 15) is 28.8 Å². The van der Waals surface area contributed by atoms with E-state index in [-0.39, 0.29) is 109 Å². The van der Waals surface area contributed by atoms with Crippen molar-refractivity contribution in [1.82, 2.24) is 41.9 Å². The van der Waals surface area contributed by atoms with Gasteiger partial charge in [-0.25, -0.2) is 0 Å². The number of carbonyl (C=O) groups is 6. The standard InChI is InChI=1S/C58H92N10O6/c1-7-16-46(35-42-37-61-52-21-10-8-19-48(42)52)66-54(70)28-23-44(17-12-14-33-59)65-57(73)32-27-51(40(4)5)68-58(74)30-25-47(36-43-38-62-53-22-11-9-20-49(43)53)67-55(71)29-24-45(18-13-15-34-60)64-56(72)31-26-50(39(2)3)63-41(6)69/h8-11,19-22,37-40,44-47,50-51,61-62H,7,12-18,23-36,59-60H2,1-6H3,(H,63,69)(H,64,72)(H,65,73)(H,66,70)(H,67,71)(H,68,74)/t44-,45-,46+,47+,50+,51?/m0/s1. The van der Waals surface area contributed by atoms with E-state index < -0.39 is 0 Å². The fraction of sp³-hybridized carbons (Fsp3) is 0.621. The predicted octanol–water partition coefficient (Wildman–Crippen LogP) is 7.63. The number of para-hydroxylation sites is 2. The minimum Gasteiger partial charge on any atom is -0.361 e. The van der Waals surface area contributed by atoms with Crippen molar-refractivity contribution in [3.8, 4) is 0 Å². The summed E-state index contributed by atoms with van der Waals surface area (Å²) in [5, 5.41) is 21.2. The molecule has 0 saturated carbocycles. The molecule has 0 bridgehead atoms. The summed E-state index contributed by atoms with van der Waals surface area (Å²) in [6, 6.07) is 15.1. The second kappa shape index (κ2) is 33.2. The minimum atomic E-state index is -0.349. The predicted molar refractivity (Wildman–Crippen MR) is 298 cm³/mol. The molecule has 0 aliphatic heterocycles. The summed E-state index contributed by atoms with van der Waals surface area (Å²) in [6.45, 7) is 12.8. The Balaban J connectivity index is 1.32. The van der Waals surface area contributed by atoms with Gasteiger partial charge in [-0.1, -0.05) is 90.3 Å². The van der Waals surface area contributed by atoms with Crippen LogP contribution in [-0.4, -0.2) is 94.8 Å². The number of hydrogen-bond acceptors (Lipinski definition) is 8. The van der Waals surface area contributed by atoms with Crippen LogP contribution in [0.2, 0.25) is 0 Å². The third kappa shape index (κ3) is 22.4. The summed E-state index contributed by atoms with van der Waals surface area (Å²) >= 11 is 0. The maximum atomic E-state index is 13.7. The molecule has 2 aromatic heterocycles. The minimum absolute atomic E-state index is 0.00439. The van der Waals surface area contributed by atoms with Gasteiger partial charge in [-0.2, -0.15) is 0 Å². The lowest BCUT2D eigenvalue weighted by molar-refractivity contribution is -0.125. The number of fused-ring (bicyclic) bond motifs is 2. The number of unbranched alkanes of at least 4 members (excludes halogenated alkanes) is 2. The molecule has 0 saturated heterocycles. The molecule has 4 aromatic rings. The van der Waals surface area contributed by atoms with E-state index in [2.05, 4.69) is 60.9 Å². The highest BCUT2D eigenvalue weighted by Crippen LogP contribution is 2.23. The lowest BCUT2D eigenvalue weighted by Crippen LogP contribution is -2.42. The lowest BCUT2D eigenvalue weighted by atomic mass is 9.97. The van der Waals surface area contributed by atoms with Crippen LogP contribution in [0.15, 0.2) is 60.9 Å². The first kappa shape index (κ1) is 60.8. The number of rotatable bonds is 37. The van der Waals surface area contributed by atoms with Crippen molar-refractivity contribution in [2.24, 2.45) is 23.3 Å². The van der Waals surface area contributed by atoms with Crippen LogP contribution in [0.3, 0.4) is 0 Å². The Morgan fingerprint density at radius 3 is 1.23 bits per heavy atom. The number of H-pyrrole nitrogens is 2. The Morgan fingerprint density at radius 2 is 0.824 bits per heavy atom. The van der Waals surface area contributed by atoms with E-state index in [1.807, 2.05) is 76.5 Å². The van der Waals surface area contributed by atoms with Gasteiger partial charge in [-0.05, 0) is 125 Å². The Morgan fingerprint density at radius 1 is 0.459 bits per heavy atom. The van der Waals surface area contributed by atoms with Crippen LogP contribution in [-0.2, 0) is 41.6 Å². The molecule has 1 unspecified atom stereocenters. The molecule has 2 heterocycles. The van der Waals surface area contributed by atoms with Crippen LogP contribution in [0.25, 0.3) is 21.8 Å². The van der Waals surface area contributed by atoms with Crippen molar-refractivity contribution in [2.45, 2.75) is 206 Å². The number of amides is 6. The first-order valence-corrected chi connectivity index (χ1v) is 27.8. The average Bonchev–Trinajstić information content (AvgIpc) is 3.97. The Bertz CT molecular complexity index is 2320. The highest BCUT2D eigenvalue weighted by atomic mass is 16.2. The molecule has 74 heavy (non-hydrogen) atoms. The maximum Gasteiger partial charge on any atom is 0.220 e. The molecule has 0 radical (unpaired) electrons. The second-order valence-corrected chi connectivity index (χ2v) is 21.2. The average molecular weight is 1030 g/mol. The Hall–Kier alpha value is -5.74. The molecular formula is C58H92N10O6. The largest absolute Gasteiger partial charge is 0.361 e.